The summed E-state index contributed by atoms with van der Waals surface area (Å²) in [6.07, 6.45) is 5.40. The molecule has 0 aliphatic carbocycles. The second-order valence-electron chi connectivity index (χ2n) is 6.79. The largest absolute Gasteiger partial charge is 0.367 e. The average molecular weight is 336 g/mol. The van der Waals surface area contributed by atoms with Gasteiger partial charge in [0, 0.05) is 38.3 Å². The molecule has 3 rings (SSSR count). The van der Waals surface area contributed by atoms with Crippen molar-refractivity contribution in [1.82, 2.24) is 4.90 Å². The van der Waals surface area contributed by atoms with E-state index in [1.807, 2.05) is 12.1 Å². The van der Waals surface area contributed by atoms with Crippen molar-refractivity contribution in [2.24, 2.45) is 0 Å². The molecule has 2 aromatic carbocycles. The predicted molar refractivity (Wildman–Crippen MR) is 104 cm³/mol. The molecule has 1 aliphatic heterocycles. The van der Waals surface area contributed by atoms with Gasteiger partial charge in [-0.3, -0.25) is 4.79 Å². The lowest BCUT2D eigenvalue weighted by Gasteiger charge is -2.27. The van der Waals surface area contributed by atoms with E-state index < -0.39 is 0 Å². The predicted octanol–water partition coefficient (Wildman–Crippen LogP) is 4.49. The number of hydrogen-bond donors (Lipinski definition) is 0. The van der Waals surface area contributed by atoms with Crippen LogP contribution in [0.3, 0.4) is 0 Å². The molecule has 3 nitrogen and oxygen atoms in total. The second kappa shape index (κ2) is 9.26. The molecule has 0 bridgehead atoms. The molecular formula is C22H28N2O. The first kappa shape index (κ1) is 17.5. The minimum absolute atomic E-state index is 0.302. The zero-order chi connectivity index (χ0) is 17.3. The Morgan fingerprint density at radius 3 is 2.08 bits per heavy atom. The molecule has 0 aromatic heterocycles. The Bertz CT molecular complexity index is 634. The lowest BCUT2D eigenvalue weighted by Crippen LogP contribution is -2.35. The maximum Gasteiger partial charge on any atom is 0.224 e. The van der Waals surface area contributed by atoms with Crippen LogP contribution in [0.5, 0.6) is 0 Å². The highest BCUT2D eigenvalue weighted by Gasteiger charge is 2.17. The fourth-order valence-corrected chi connectivity index (χ4v) is 3.45. The molecule has 1 saturated heterocycles. The van der Waals surface area contributed by atoms with Crippen LogP contribution in [0.25, 0.3) is 0 Å². The van der Waals surface area contributed by atoms with Crippen molar-refractivity contribution in [3.63, 3.8) is 0 Å². The first-order valence-corrected chi connectivity index (χ1v) is 9.44. The van der Waals surface area contributed by atoms with Gasteiger partial charge in [0.05, 0.1) is 0 Å². The van der Waals surface area contributed by atoms with Crippen molar-refractivity contribution in [3.8, 4) is 0 Å². The van der Waals surface area contributed by atoms with Crippen LogP contribution < -0.4 is 4.90 Å². The van der Waals surface area contributed by atoms with E-state index in [1.54, 1.807) is 0 Å². The summed E-state index contributed by atoms with van der Waals surface area (Å²) in [7, 11) is 0. The molecule has 0 N–H and O–H groups in total. The number of rotatable bonds is 6. The first-order chi connectivity index (χ1) is 12.3. The van der Waals surface area contributed by atoms with Crippen LogP contribution in [0.1, 0.15) is 37.7 Å². The van der Waals surface area contributed by atoms with Gasteiger partial charge in [0.2, 0.25) is 5.91 Å². The second-order valence-corrected chi connectivity index (χ2v) is 6.79. The van der Waals surface area contributed by atoms with Gasteiger partial charge >= 0.3 is 0 Å². The first-order valence-electron chi connectivity index (χ1n) is 9.44. The highest BCUT2D eigenvalue weighted by Crippen LogP contribution is 2.18. The normalized spacial score (nSPS) is 14.8. The summed E-state index contributed by atoms with van der Waals surface area (Å²) in [5, 5.41) is 0. The van der Waals surface area contributed by atoms with Crippen molar-refractivity contribution in [2.75, 3.05) is 24.5 Å². The summed E-state index contributed by atoms with van der Waals surface area (Å²) >= 11 is 0. The lowest BCUT2D eigenvalue weighted by molar-refractivity contribution is -0.130. The number of nitrogens with zero attached hydrogens (tertiary/aromatic N) is 2. The Morgan fingerprint density at radius 2 is 1.44 bits per heavy atom. The highest BCUT2D eigenvalue weighted by molar-refractivity contribution is 5.76. The van der Waals surface area contributed by atoms with Gasteiger partial charge in [-0.15, -0.1) is 0 Å². The van der Waals surface area contributed by atoms with Gasteiger partial charge in [0.1, 0.15) is 0 Å². The number of benzene rings is 2. The average Bonchev–Trinajstić information content (AvgIpc) is 2.96. The zero-order valence-electron chi connectivity index (χ0n) is 14.9. The summed E-state index contributed by atoms with van der Waals surface area (Å²) in [6.45, 7) is 3.46. The molecule has 1 fully saturated rings. The molecule has 3 heteroatoms. The highest BCUT2D eigenvalue weighted by atomic mass is 16.2. The molecule has 0 spiro atoms. The van der Waals surface area contributed by atoms with Gasteiger partial charge in [-0.1, -0.05) is 61.4 Å². The third-order valence-electron chi connectivity index (χ3n) is 4.89. The summed E-state index contributed by atoms with van der Waals surface area (Å²) in [5.41, 5.74) is 2.45. The van der Waals surface area contributed by atoms with Gasteiger partial charge in [0.25, 0.3) is 0 Å². The standard InChI is InChI=1S/C22H28N2O/c25-22(23-16-9-1-2-10-17-23)15-18-24(21-13-7-4-8-14-21)19-20-11-5-3-6-12-20/h3-8,11-14H,1-2,9-10,15-19H2. The third kappa shape index (κ3) is 5.35. The smallest absolute Gasteiger partial charge is 0.224 e. The molecule has 0 radical (unpaired) electrons. The Morgan fingerprint density at radius 1 is 0.840 bits per heavy atom. The zero-order valence-corrected chi connectivity index (χ0v) is 14.9. The summed E-state index contributed by atoms with van der Waals surface area (Å²) in [5.74, 6) is 0.302. The lowest BCUT2D eigenvalue weighted by atomic mass is 10.2. The number of carbonyl (C=O) groups excluding carboxylic acids is 1. The van der Waals surface area contributed by atoms with E-state index >= 15 is 0 Å². The molecule has 1 amide bonds. The van der Waals surface area contributed by atoms with Gasteiger partial charge in [0.15, 0.2) is 0 Å². The van der Waals surface area contributed by atoms with Crippen LogP contribution in [-0.4, -0.2) is 30.4 Å². The van der Waals surface area contributed by atoms with E-state index in [0.29, 0.717) is 12.3 Å². The van der Waals surface area contributed by atoms with Crippen LogP contribution in [0.15, 0.2) is 60.7 Å². The third-order valence-corrected chi connectivity index (χ3v) is 4.89. The summed E-state index contributed by atoms with van der Waals surface area (Å²) in [6, 6.07) is 20.9. The molecule has 0 atom stereocenters. The van der Waals surface area contributed by atoms with E-state index in [4.69, 9.17) is 0 Å². The Labute approximate surface area is 151 Å². The molecule has 132 valence electrons. The Kier molecular flexibility index (Phi) is 6.49. The number of likely N-dealkylation sites (tertiary alicyclic amines) is 1. The number of para-hydroxylation sites is 1. The quantitative estimate of drug-likeness (QED) is 0.776. The maximum atomic E-state index is 12.6. The van der Waals surface area contributed by atoms with E-state index in [2.05, 4.69) is 58.3 Å². The van der Waals surface area contributed by atoms with Crippen molar-refractivity contribution >= 4 is 11.6 Å². The fraction of sp³-hybridized carbons (Fsp3) is 0.409. The molecule has 1 heterocycles. The van der Waals surface area contributed by atoms with Crippen molar-refractivity contribution in [2.45, 2.75) is 38.6 Å². The monoisotopic (exact) mass is 336 g/mol. The number of anilines is 1. The maximum absolute atomic E-state index is 12.6. The number of amides is 1. The van der Waals surface area contributed by atoms with Crippen molar-refractivity contribution in [1.29, 1.82) is 0 Å². The van der Waals surface area contributed by atoms with E-state index in [0.717, 1.165) is 39.0 Å². The van der Waals surface area contributed by atoms with Crippen LogP contribution in [0.2, 0.25) is 0 Å². The number of carbonyl (C=O) groups is 1. The number of hydrogen-bond acceptors (Lipinski definition) is 2. The van der Waals surface area contributed by atoms with Crippen molar-refractivity contribution < 1.29 is 4.79 Å². The molecule has 1 aliphatic rings. The molecule has 2 aromatic rings. The van der Waals surface area contributed by atoms with Crippen LogP contribution >= 0.6 is 0 Å². The summed E-state index contributed by atoms with van der Waals surface area (Å²) in [4.78, 5) is 17.0. The fourth-order valence-electron chi connectivity index (χ4n) is 3.45. The Balaban J connectivity index is 1.64. The van der Waals surface area contributed by atoms with Crippen molar-refractivity contribution in [3.05, 3.63) is 66.2 Å². The SMILES string of the molecule is O=C(CCN(Cc1ccccc1)c1ccccc1)N1CCCCCC1. The van der Waals surface area contributed by atoms with Crippen LogP contribution in [0, 0.1) is 0 Å². The topological polar surface area (TPSA) is 23.6 Å². The van der Waals surface area contributed by atoms with E-state index in [9.17, 15) is 4.79 Å². The molecule has 0 saturated carbocycles. The minimum atomic E-state index is 0.302. The van der Waals surface area contributed by atoms with Crippen LogP contribution in [-0.2, 0) is 11.3 Å². The van der Waals surface area contributed by atoms with E-state index in [1.165, 1.54) is 24.1 Å². The van der Waals surface area contributed by atoms with Gasteiger partial charge in [-0.05, 0) is 30.5 Å². The van der Waals surface area contributed by atoms with E-state index in [-0.39, 0.29) is 0 Å². The molecule has 25 heavy (non-hydrogen) atoms. The van der Waals surface area contributed by atoms with Gasteiger partial charge < -0.3 is 9.80 Å². The summed E-state index contributed by atoms with van der Waals surface area (Å²) < 4.78 is 0. The Hall–Kier alpha value is -2.29. The van der Waals surface area contributed by atoms with Gasteiger partial charge in [-0.25, -0.2) is 0 Å². The minimum Gasteiger partial charge on any atom is -0.367 e. The molecule has 0 unspecified atom stereocenters. The molecular weight excluding hydrogens is 308 g/mol. The van der Waals surface area contributed by atoms with Crippen LogP contribution in [0.4, 0.5) is 5.69 Å². The van der Waals surface area contributed by atoms with Gasteiger partial charge in [-0.2, -0.15) is 0 Å².